The molecular weight excluding hydrogens is 326 g/mol. The van der Waals surface area contributed by atoms with Gasteiger partial charge in [0.15, 0.2) is 0 Å². The van der Waals surface area contributed by atoms with Crippen LogP contribution in [-0.2, 0) is 0 Å². The second-order valence-electron chi connectivity index (χ2n) is 5.81. The SMILES string of the molecule is Cc1cccc(C(=O)NC(CCCl)C(C)(C)C)c1Br. The number of halogens is 2. The molecule has 1 N–H and O–H groups in total. The number of nitrogens with one attached hydrogen (secondary N) is 1. The van der Waals surface area contributed by atoms with Gasteiger partial charge in [-0.15, -0.1) is 11.6 Å². The molecular formula is C15H21BrClNO. The zero-order valence-electron chi connectivity index (χ0n) is 11.9. The van der Waals surface area contributed by atoms with Gasteiger partial charge in [0.05, 0.1) is 5.56 Å². The maximum absolute atomic E-state index is 12.4. The number of rotatable bonds is 4. The van der Waals surface area contributed by atoms with E-state index in [4.69, 9.17) is 11.6 Å². The van der Waals surface area contributed by atoms with E-state index in [1.165, 1.54) is 0 Å². The van der Waals surface area contributed by atoms with Crippen LogP contribution in [-0.4, -0.2) is 17.8 Å². The number of hydrogen-bond acceptors (Lipinski definition) is 1. The van der Waals surface area contributed by atoms with Gasteiger partial charge < -0.3 is 5.32 Å². The number of alkyl halides is 1. The molecule has 0 aliphatic rings. The Morgan fingerprint density at radius 3 is 2.58 bits per heavy atom. The first-order valence-electron chi connectivity index (χ1n) is 6.39. The van der Waals surface area contributed by atoms with E-state index in [0.29, 0.717) is 11.4 Å². The van der Waals surface area contributed by atoms with Crippen LogP contribution in [0.3, 0.4) is 0 Å². The van der Waals surface area contributed by atoms with Crippen molar-refractivity contribution >= 4 is 33.4 Å². The quantitative estimate of drug-likeness (QED) is 0.797. The lowest BCUT2D eigenvalue weighted by Crippen LogP contribution is -2.44. The zero-order chi connectivity index (χ0) is 14.6. The minimum absolute atomic E-state index is 0.0130. The number of benzene rings is 1. The first kappa shape index (κ1) is 16.5. The molecule has 0 aliphatic carbocycles. The van der Waals surface area contributed by atoms with Gasteiger partial charge in [-0.2, -0.15) is 0 Å². The van der Waals surface area contributed by atoms with E-state index in [1.807, 2.05) is 25.1 Å². The van der Waals surface area contributed by atoms with E-state index in [0.717, 1.165) is 16.5 Å². The summed E-state index contributed by atoms with van der Waals surface area (Å²) in [5.41, 5.74) is 1.71. The molecule has 0 fully saturated rings. The van der Waals surface area contributed by atoms with Gasteiger partial charge in [0.2, 0.25) is 0 Å². The summed E-state index contributed by atoms with van der Waals surface area (Å²) in [6.45, 7) is 8.29. The molecule has 1 aromatic rings. The van der Waals surface area contributed by atoms with Crippen molar-refractivity contribution in [1.82, 2.24) is 5.32 Å². The summed E-state index contributed by atoms with van der Waals surface area (Å²) in [4.78, 5) is 12.4. The predicted octanol–water partition coefficient (Wildman–Crippen LogP) is 4.53. The van der Waals surface area contributed by atoms with Gasteiger partial charge in [0.1, 0.15) is 0 Å². The smallest absolute Gasteiger partial charge is 0.252 e. The highest BCUT2D eigenvalue weighted by Crippen LogP contribution is 2.25. The summed E-state index contributed by atoms with van der Waals surface area (Å²) in [7, 11) is 0. The fourth-order valence-corrected chi connectivity index (χ4v) is 2.55. The molecule has 1 unspecified atom stereocenters. The van der Waals surface area contributed by atoms with E-state index in [-0.39, 0.29) is 17.4 Å². The molecule has 1 rings (SSSR count). The van der Waals surface area contributed by atoms with Gasteiger partial charge in [-0.05, 0) is 46.3 Å². The van der Waals surface area contributed by atoms with Crippen LogP contribution >= 0.6 is 27.5 Å². The van der Waals surface area contributed by atoms with Crippen molar-refractivity contribution in [2.24, 2.45) is 5.41 Å². The van der Waals surface area contributed by atoms with Crippen LogP contribution in [0.4, 0.5) is 0 Å². The van der Waals surface area contributed by atoms with E-state index in [2.05, 4.69) is 42.0 Å². The third-order valence-corrected chi connectivity index (χ3v) is 4.46. The Morgan fingerprint density at radius 1 is 1.42 bits per heavy atom. The lowest BCUT2D eigenvalue weighted by Gasteiger charge is -2.31. The lowest BCUT2D eigenvalue weighted by atomic mass is 9.85. The molecule has 106 valence electrons. The van der Waals surface area contributed by atoms with E-state index >= 15 is 0 Å². The average Bonchev–Trinajstić information content (AvgIpc) is 2.30. The van der Waals surface area contributed by atoms with Gasteiger partial charge >= 0.3 is 0 Å². The van der Waals surface area contributed by atoms with E-state index in [1.54, 1.807) is 0 Å². The Balaban J connectivity index is 2.91. The normalized spacial score (nSPS) is 13.2. The van der Waals surface area contributed by atoms with E-state index in [9.17, 15) is 4.79 Å². The molecule has 0 saturated carbocycles. The number of hydrogen-bond donors (Lipinski definition) is 1. The zero-order valence-corrected chi connectivity index (χ0v) is 14.2. The highest BCUT2D eigenvalue weighted by molar-refractivity contribution is 9.10. The van der Waals surface area contributed by atoms with Crippen LogP contribution in [0.25, 0.3) is 0 Å². The molecule has 4 heteroatoms. The maximum atomic E-state index is 12.4. The molecule has 1 atom stereocenters. The number of carbonyl (C=O) groups is 1. The van der Waals surface area contributed by atoms with Crippen molar-refractivity contribution in [1.29, 1.82) is 0 Å². The highest BCUT2D eigenvalue weighted by Gasteiger charge is 2.26. The Hall–Kier alpha value is -0.540. The van der Waals surface area contributed by atoms with Crippen molar-refractivity contribution < 1.29 is 4.79 Å². The molecule has 0 saturated heterocycles. The molecule has 0 bridgehead atoms. The topological polar surface area (TPSA) is 29.1 Å². The van der Waals surface area contributed by atoms with Gasteiger partial charge in [0, 0.05) is 16.4 Å². The minimum atomic E-state index is -0.0550. The summed E-state index contributed by atoms with van der Waals surface area (Å²) in [6, 6.07) is 5.75. The molecule has 1 amide bonds. The van der Waals surface area contributed by atoms with Gasteiger partial charge in [-0.1, -0.05) is 32.9 Å². The number of aryl methyl sites for hydroxylation is 1. The third-order valence-electron chi connectivity index (χ3n) is 3.18. The molecule has 2 nitrogen and oxygen atoms in total. The summed E-state index contributed by atoms with van der Waals surface area (Å²) in [6.07, 6.45) is 0.764. The Morgan fingerprint density at radius 2 is 2.05 bits per heavy atom. The molecule has 0 heterocycles. The van der Waals surface area contributed by atoms with Crippen molar-refractivity contribution in [2.75, 3.05) is 5.88 Å². The summed E-state index contributed by atoms with van der Waals surface area (Å²) in [5, 5.41) is 3.09. The molecule has 0 radical (unpaired) electrons. The van der Waals surface area contributed by atoms with Crippen LogP contribution in [0.2, 0.25) is 0 Å². The van der Waals surface area contributed by atoms with E-state index < -0.39 is 0 Å². The molecule has 0 spiro atoms. The highest BCUT2D eigenvalue weighted by atomic mass is 79.9. The number of carbonyl (C=O) groups excluding carboxylic acids is 1. The first-order valence-corrected chi connectivity index (χ1v) is 7.72. The first-order chi connectivity index (χ1) is 8.77. The van der Waals surface area contributed by atoms with Crippen LogP contribution in [0.5, 0.6) is 0 Å². The Kier molecular flexibility index (Phi) is 5.87. The third kappa shape index (κ3) is 4.50. The Labute approximate surface area is 129 Å². The van der Waals surface area contributed by atoms with Crippen LogP contribution in [0.15, 0.2) is 22.7 Å². The Bertz CT molecular complexity index is 454. The summed E-state index contributed by atoms with van der Waals surface area (Å²) in [5.74, 6) is 0.484. The minimum Gasteiger partial charge on any atom is -0.349 e. The number of amides is 1. The van der Waals surface area contributed by atoms with Crippen molar-refractivity contribution in [3.05, 3.63) is 33.8 Å². The van der Waals surface area contributed by atoms with Crippen LogP contribution in [0.1, 0.15) is 43.1 Å². The van der Waals surface area contributed by atoms with Crippen molar-refractivity contribution in [3.8, 4) is 0 Å². The second-order valence-corrected chi connectivity index (χ2v) is 6.98. The van der Waals surface area contributed by atoms with Crippen LogP contribution < -0.4 is 5.32 Å². The standard InChI is InChI=1S/C15H21BrClNO/c1-10-6-5-7-11(13(10)16)14(19)18-12(8-9-17)15(2,3)4/h5-7,12H,8-9H2,1-4H3,(H,18,19). The second kappa shape index (κ2) is 6.76. The lowest BCUT2D eigenvalue weighted by molar-refractivity contribution is 0.0899. The molecule has 0 aliphatic heterocycles. The maximum Gasteiger partial charge on any atom is 0.252 e. The van der Waals surface area contributed by atoms with Crippen molar-refractivity contribution in [2.45, 2.75) is 40.2 Å². The van der Waals surface area contributed by atoms with Gasteiger partial charge in [-0.3, -0.25) is 4.79 Å². The molecule has 1 aromatic carbocycles. The van der Waals surface area contributed by atoms with Gasteiger partial charge in [-0.25, -0.2) is 0 Å². The van der Waals surface area contributed by atoms with Crippen molar-refractivity contribution in [3.63, 3.8) is 0 Å². The summed E-state index contributed by atoms with van der Waals surface area (Å²) >= 11 is 9.30. The average molecular weight is 347 g/mol. The largest absolute Gasteiger partial charge is 0.349 e. The molecule has 0 aromatic heterocycles. The predicted molar refractivity (Wildman–Crippen MR) is 84.9 cm³/mol. The monoisotopic (exact) mass is 345 g/mol. The fourth-order valence-electron chi connectivity index (χ4n) is 1.89. The fraction of sp³-hybridized carbons (Fsp3) is 0.533. The molecule has 19 heavy (non-hydrogen) atoms. The van der Waals surface area contributed by atoms with Crippen LogP contribution in [0, 0.1) is 12.3 Å². The summed E-state index contributed by atoms with van der Waals surface area (Å²) < 4.78 is 0.853. The van der Waals surface area contributed by atoms with Gasteiger partial charge in [0.25, 0.3) is 5.91 Å².